The van der Waals surface area contributed by atoms with Crippen LogP contribution in [0.15, 0.2) is 35.4 Å². The number of nitrogens with zero attached hydrogens (tertiary/aromatic N) is 3. The van der Waals surface area contributed by atoms with Gasteiger partial charge in [-0.2, -0.15) is 0 Å². The van der Waals surface area contributed by atoms with Gasteiger partial charge < -0.3 is 9.47 Å². The minimum absolute atomic E-state index is 0.0778. The summed E-state index contributed by atoms with van der Waals surface area (Å²) in [6, 6.07) is 6.22. The Kier molecular flexibility index (Phi) is 3.83. The maximum atomic E-state index is 12.4. The van der Waals surface area contributed by atoms with Gasteiger partial charge in [0.15, 0.2) is 0 Å². The summed E-state index contributed by atoms with van der Waals surface area (Å²) in [6.07, 6.45) is 8.51. The van der Waals surface area contributed by atoms with E-state index in [1.807, 2.05) is 29.0 Å². The zero-order chi connectivity index (χ0) is 13.9. The summed E-state index contributed by atoms with van der Waals surface area (Å²) in [5, 5.41) is 0.715. The molecule has 4 heteroatoms. The van der Waals surface area contributed by atoms with Gasteiger partial charge in [-0.25, -0.2) is 0 Å². The molecule has 0 aromatic carbocycles. The molecule has 1 aliphatic rings. The highest BCUT2D eigenvalue weighted by atomic mass is 16.1. The van der Waals surface area contributed by atoms with Gasteiger partial charge in [0.05, 0.1) is 10.9 Å². The first-order valence-corrected chi connectivity index (χ1v) is 7.40. The first kappa shape index (κ1) is 13.3. The van der Waals surface area contributed by atoms with Crippen LogP contribution in [-0.2, 0) is 6.54 Å². The molecule has 1 aliphatic heterocycles. The molecular weight excluding hydrogens is 250 g/mol. The van der Waals surface area contributed by atoms with Crippen molar-refractivity contribution in [2.45, 2.75) is 38.3 Å². The Hall–Kier alpha value is -1.68. The van der Waals surface area contributed by atoms with E-state index in [0.717, 1.165) is 18.5 Å². The summed E-state index contributed by atoms with van der Waals surface area (Å²) >= 11 is 0. The SMILES string of the molecule is CN1CCCC[C@@H]1CCn1ccc2ncccc2c1=O. The summed E-state index contributed by atoms with van der Waals surface area (Å²) in [7, 11) is 2.19. The minimum Gasteiger partial charge on any atom is -0.315 e. The van der Waals surface area contributed by atoms with E-state index in [2.05, 4.69) is 16.9 Å². The van der Waals surface area contributed by atoms with Crippen molar-refractivity contribution in [2.24, 2.45) is 0 Å². The van der Waals surface area contributed by atoms with Crippen molar-refractivity contribution >= 4 is 10.9 Å². The second-order valence-corrected chi connectivity index (χ2v) is 5.67. The van der Waals surface area contributed by atoms with Crippen LogP contribution in [0.2, 0.25) is 0 Å². The molecule has 3 rings (SSSR count). The van der Waals surface area contributed by atoms with Crippen molar-refractivity contribution < 1.29 is 0 Å². The average molecular weight is 271 g/mol. The molecule has 2 aromatic heterocycles. The van der Waals surface area contributed by atoms with Crippen molar-refractivity contribution in [1.29, 1.82) is 0 Å². The van der Waals surface area contributed by atoms with Crippen molar-refractivity contribution in [2.75, 3.05) is 13.6 Å². The number of likely N-dealkylation sites (tertiary alicyclic amines) is 1. The molecule has 4 nitrogen and oxygen atoms in total. The molecule has 0 aliphatic carbocycles. The molecule has 106 valence electrons. The second-order valence-electron chi connectivity index (χ2n) is 5.67. The van der Waals surface area contributed by atoms with Crippen molar-refractivity contribution in [1.82, 2.24) is 14.5 Å². The average Bonchev–Trinajstić information content (AvgIpc) is 2.48. The van der Waals surface area contributed by atoms with Crippen LogP contribution < -0.4 is 5.56 Å². The molecule has 20 heavy (non-hydrogen) atoms. The lowest BCUT2D eigenvalue weighted by atomic mass is 10.0. The highest BCUT2D eigenvalue weighted by Crippen LogP contribution is 2.18. The molecule has 1 fully saturated rings. The van der Waals surface area contributed by atoms with Gasteiger partial charge in [-0.1, -0.05) is 6.42 Å². The molecule has 0 bridgehead atoms. The van der Waals surface area contributed by atoms with Crippen LogP contribution in [0.25, 0.3) is 10.9 Å². The van der Waals surface area contributed by atoms with E-state index in [1.165, 1.54) is 25.8 Å². The minimum atomic E-state index is 0.0778. The van der Waals surface area contributed by atoms with Gasteiger partial charge in [0.25, 0.3) is 5.56 Å². The molecule has 0 radical (unpaired) electrons. The van der Waals surface area contributed by atoms with E-state index in [4.69, 9.17) is 0 Å². The lowest BCUT2D eigenvalue weighted by Gasteiger charge is -2.32. The van der Waals surface area contributed by atoms with Crippen LogP contribution in [-0.4, -0.2) is 34.1 Å². The Morgan fingerprint density at radius 2 is 2.25 bits per heavy atom. The van der Waals surface area contributed by atoms with E-state index < -0.39 is 0 Å². The molecular formula is C16H21N3O. The molecule has 0 spiro atoms. The maximum absolute atomic E-state index is 12.4. The fraction of sp³-hybridized carbons (Fsp3) is 0.500. The third kappa shape index (κ3) is 2.61. The van der Waals surface area contributed by atoms with Gasteiger partial charge in [-0.05, 0) is 51.1 Å². The number of aryl methyl sites for hydroxylation is 1. The molecule has 1 atom stereocenters. The van der Waals surface area contributed by atoms with E-state index in [9.17, 15) is 4.79 Å². The van der Waals surface area contributed by atoms with E-state index in [-0.39, 0.29) is 5.56 Å². The van der Waals surface area contributed by atoms with Crippen LogP contribution in [0.1, 0.15) is 25.7 Å². The third-order valence-electron chi connectivity index (χ3n) is 4.37. The van der Waals surface area contributed by atoms with Crippen molar-refractivity contribution in [3.05, 3.63) is 40.9 Å². The Balaban J connectivity index is 1.77. The quantitative estimate of drug-likeness (QED) is 0.859. The Bertz CT molecular complexity index is 649. The normalized spacial score (nSPS) is 20.4. The number of hydrogen-bond acceptors (Lipinski definition) is 3. The molecule has 0 amide bonds. The maximum Gasteiger partial charge on any atom is 0.259 e. The molecule has 0 N–H and O–H groups in total. The first-order valence-electron chi connectivity index (χ1n) is 7.40. The molecule has 2 aromatic rings. The predicted molar refractivity (Wildman–Crippen MR) is 80.9 cm³/mol. The fourth-order valence-corrected chi connectivity index (χ4v) is 3.09. The number of hydrogen-bond donors (Lipinski definition) is 0. The van der Waals surface area contributed by atoms with E-state index in [0.29, 0.717) is 11.4 Å². The third-order valence-corrected chi connectivity index (χ3v) is 4.37. The molecule has 1 saturated heterocycles. The topological polar surface area (TPSA) is 38.1 Å². The smallest absolute Gasteiger partial charge is 0.259 e. The van der Waals surface area contributed by atoms with Crippen LogP contribution in [0.3, 0.4) is 0 Å². The predicted octanol–water partition coefficient (Wildman–Crippen LogP) is 2.27. The van der Waals surface area contributed by atoms with Gasteiger partial charge in [0, 0.05) is 25.0 Å². The van der Waals surface area contributed by atoms with Gasteiger partial charge in [0.2, 0.25) is 0 Å². The number of aromatic nitrogens is 2. The zero-order valence-corrected chi connectivity index (χ0v) is 12.0. The highest BCUT2D eigenvalue weighted by Gasteiger charge is 2.18. The van der Waals surface area contributed by atoms with E-state index >= 15 is 0 Å². The summed E-state index contributed by atoms with van der Waals surface area (Å²) in [6.45, 7) is 1.97. The Morgan fingerprint density at radius 3 is 3.10 bits per heavy atom. The number of rotatable bonds is 3. The van der Waals surface area contributed by atoms with Gasteiger partial charge in [-0.3, -0.25) is 9.78 Å². The van der Waals surface area contributed by atoms with Crippen LogP contribution in [0.5, 0.6) is 0 Å². The summed E-state index contributed by atoms with van der Waals surface area (Å²) < 4.78 is 1.83. The van der Waals surface area contributed by atoms with Gasteiger partial charge >= 0.3 is 0 Å². The monoisotopic (exact) mass is 271 g/mol. The van der Waals surface area contributed by atoms with Crippen molar-refractivity contribution in [3.63, 3.8) is 0 Å². The lowest BCUT2D eigenvalue weighted by Crippen LogP contribution is -2.37. The van der Waals surface area contributed by atoms with Gasteiger partial charge in [-0.15, -0.1) is 0 Å². The summed E-state index contributed by atoms with van der Waals surface area (Å²) in [5.41, 5.74) is 0.859. The molecule has 3 heterocycles. The fourth-order valence-electron chi connectivity index (χ4n) is 3.09. The van der Waals surface area contributed by atoms with Crippen LogP contribution in [0, 0.1) is 0 Å². The largest absolute Gasteiger partial charge is 0.315 e. The first-order chi connectivity index (χ1) is 9.75. The molecule has 0 unspecified atom stereocenters. The zero-order valence-electron chi connectivity index (χ0n) is 12.0. The second kappa shape index (κ2) is 5.75. The van der Waals surface area contributed by atoms with E-state index in [1.54, 1.807) is 6.20 Å². The standard InChI is InChI=1S/C16H21N3O/c1-18-10-3-2-5-13(18)7-11-19-12-8-15-14(16(19)20)6-4-9-17-15/h4,6,8-9,12-13H,2-3,5,7,10-11H2,1H3/t13-/m1/s1. The number of pyridine rings is 2. The Morgan fingerprint density at radius 1 is 1.35 bits per heavy atom. The Labute approximate surface area is 119 Å². The number of piperidine rings is 1. The lowest BCUT2D eigenvalue weighted by molar-refractivity contribution is 0.171. The number of fused-ring (bicyclic) bond motifs is 1. The summed E-state index contributed by atoms with van der Waals surface area (Å²) in [5.74, 6) is 0. The van der Waals surface area contributed by atoms with Crippen LogP contribution in [0.4, 0.5) is 0 Å². The molecule has 0 saturated carbocycles. The van der Waals surface area contributed by atoms with Crippen molar-refractivity contribution in [3.8, 4) is 0 Å². The van der Waals surface area contributed by atoms with Crippen LogP contribution >= 0.6 is 0 Å². The highest BCUT2D eigenvalue weighted by molar-refractivity contribution is 5.76. The van der Waals surface area contributed by atoms with Gasteiger partial charge in [0.1, 0.15) is 0 Å². The summed E-state index contributed by atoms with van der Waals surface area (Å²) in [4.78, 5) is 19.0.